The van der Waals surface area contributed by atoms with Gasteiger partial charge in [-0.05, 0) is 25.2 Å². The van der Waals surface area contributed by atoms with E-state index in [1.54, 1.807) is 0 Å². The number of ether oxygens (including phenoxy) is 1. The molecule has 2 atom stereocenters. The third-order valence-corrected chi connectivity index (χ3v) is 3.65. The maximum absolute atomic E-state index is 9.17. The van der Waals surface area contributed by atoms with E-state index < -0.39 is 0 Å². The van der Waals surface area contributed by atoms with Crippen molar-refractivity contribution in [1.29, 1.82) is 0 Å². The minimum atomic E-state index is 0.214. The Morgan fingerprint density at radius 2 is 2.44 bits per heavy atom. The average molecular weight is 222 g/mol. The van der Waals surface area contributed by atoms with Crippen LogP contribution in [0.15, 0.2) is 6.20 Å². The zero-order chi connectivity index (χ0) is 11.0. The monoisotopic (exact) mass is 222 g/mol. The standard InChI is InChI=1S/C12H18N2O2/c15-8-9-3-4-14-7-10(13-12(14)6-9)11-2-1-5-16-11/h7,9,11,15H,1-6,8H2. The van der Waals surface area contributed by atoms with Crippen LogP contribution in [-0.2, 0) is 17.7 Å². The number of rotatable bonds is 2. The molecule has 3 heterocycles. The summed E-state index contributed by atoms with van der Waals surface area (Å²) in [6.45, 7) is 2.13. The van der Waals surface area contributed by atoms with Crippen LogP contribution in [0.4, 0.5) is 0 Å². The summed E-state index contributed by atoms with van der Waals surface area (Å²) in [5.41, 5.74) is 1.09. The molecule has 3 rings (SSSR count). The van der Waals surface area contributed by atoms with Crippen molar-refractivity contribution in [1.82, 2.24) is 9.55 Å². The molecule has 1 fully saturated rings. The first kappa shape index (κ1) is 10.3. The normalized spacial score (nSPS) is 29.3. The van der Waals surface area contributed by atoms with Crippen LogP contribution in [0.2, 0.25) is 0 Å². The van der Waals surface area contributed by atoms with Crippen LogP contribution in [0.1, 0.15) is 36.9 Å². The van der Waals surface area contributed by atoms with Gasteiger partial charge in [0, 0.05) is 32.4 Å². The number of aliphatic hydroxyl groups is 1. The second kappa shape index (κ2) is 4.18. The van der Waals surface area contributed by atoms with Crippen LogP contribution in [0.3, 0.4) is 0 Å². The number of hydrogen-bond donors (Lipinski definition) is 1. The van der Waals surface area contributed by atoms with Gasteiger partial charge in [0.1, 0.15) is 11.9 Å². The molecule has 1 saturated heterocycles. The van der Waals surface area contributed by atoms with E-state index in [1.807, 2.05) is 0 Å². The van der Waals surface area contributed by atoms with Crippen LogP contribution in [0, 0.1) is 5.92 Å². The largest absolute Gasteiger partial charge is 0.396 e. The van der Waals surface area contributed by atoms with Gasteiger partial charge in [0.25, 0.3) is 0 Å². The third kappa shape index (κ3) is 1.76. The summed E-state index contributed by atoms with van der Waals surface area (Å²) in [5.74, 6) is 1.52. The molecular weight excluding hydrogens is 204 g/mol. The van der Waals surface area contributed by atoms with Gasteiger partial charge in [0.05, 0.1) is 5.69 Å². The summed E-state index contributed by atoms with van der Waals surface area (Å²) < 4.78 is 7.87. The summed E-state index contributed by atoms with van der Waals surface area (Å²) in [7, 11) is 0. The van der Waals surface area contributed by atoms with E-state index in [9.17, 15) is 5.11 Å². The Morgan fingerprint density at radius 1 is 1.50 bits per heavy atom. The summed E-state index contributed by atoms with van der Waals surface area (Å²) in [4.78, 5) is 4.66. The molecule has 16 heavy (non-hydrogen) atoms. The Bertz CT molecular complexity index is 369. The van der Waals surface area contributed by atoms with Gasteiger partial charge >= 0.3 is 0 Å². The zero-order valence-electron chi connectivity index (χ0n) is 9.43. The molecule has 1 N–H and O–H groups in total. The summed E-state index contributed by atoms with van der Waals surface area (Å²) in [5, 5.41) is 9.17. The summed E-state index contributed by atoms with van der Waals surface area (Å²) >= 11 is 0. The highest BCUT2D eigenvalue weighted by Gasteiger charge is 2.25. The minimum absolute atomic E-state index is 0.214. The molecule has 88 valence electrons. The molecule has 1 aromatic heterocycles. The Kier molecular flexibility index (Phi) is 2.69. The molecule has 2 aliphatic heterocycles. The van der Waals surface area contributed by atoms with E-state index in [0.717, 1.165) is 50.4 Å². The Morgan fingerprint density at radius 3 is 3.19 bits per heavy atom. The van der Waals surface area contributed by atoms with Gasteiger partial charge in [-0.2, -0.15) is 0 Å². The van der Waals surface area contributed by atoms with Crippen molar-refractivity contribution in [2.75, 3.05) is 13.2 Å². The zero-order valence-corrected chi connectivity index (χ0v) is 9.43. The maximum atomic E-state index is 9.17. The first-order chi connectivity index (χ1) is 7.86. The lowest BCUT2D eigenvalue weighted by atomic mass is 9.99. The molecule has 0 spiro atoms. The number of imidazole rings is 1. The number of nitrogens with zero attached hydrogens (tertiary/aromatic N) is 2. The fourth-order valence-electron chi connectivity index (χ4n) is 2.64. The van der Waals surface area contributed by atoms with Crippen molar-refractivity contribution < 1.29 is 9.84 Å². The van der Waals surface area contributed by atoms with E-state index in [-0.39, 0.29) is 12.7 Å². The van der Waals surface area contributed by atoms with Gasteiger partial charge < -0.3 is 14.4 Å². The van der Waals surface area contributed by atoms with E-state index in [2.05, 4.69) is 15.7 Å². The predicted molar refractivity (Wildman–Crippen MR) is 59.1 cm³/mol. The minimum Gasteiger partial charge on any atom is -0.396 e. The molecule has 0 aliphatic carbocycles. The van der Waals surface area contributed by atoms with Crippen molar-refractivity contribution in [3.8, 4) is 0 Å². The maximum Gasteiger partial charge on any atom is 0.109 e. The molecule has 4 heteroatoms. The molecule has 1 aromatic rings. The van der Waals surface area contributed by atoms with E-state index in [0.29, 0.717) is 5.92 Å². The molecule has 0 aromatic carbocycles. The lowest BCUT2D eigenvalue weighted by molar-refractivity contribution is 0.109. The van der Waals surface area contributed by atoms with Crippen LogP contribution in [-0.4, -0.2) is 27.9 Å². The van der Waals surface area contributed by atoms with Crippen LogP contribution < -0.4 is 0 Å². The molecular formula is C12H18N2O2. The van der Waals surface area contributed by atoms with E-state index >= 15 is 0 Å². The van der Waals surface area contributed by atoms with Crippen molar-refractivity contribution in [2.45, 2.75) is 38.3 Å². The van der Waals surface area contributed by atoms with Crippen molar-refractivity contribution in [3.63, 3.8) is 0 Å². The Hall–Kier alpha value is -0.870. The molecule has 4 nitrogen and oxygen atoms in total. The van der Waals surface area contributed by atoms with Crippen LogP contribution in [0.25, 0.3) is 0 Å². The third-order valence-electron chi connectivity index (χ3n) is 3.65. The van der Waals surface area contributed by atoms with Crippen LogP contribution in [0.5, 0.6) is 0 Å². The number of fused-ring (bicyclic) bond motifs is 1. The molecule has 0 saturated carbocycles. The summed E-state index contributed by atoms with van der Waals surface area (Å²) in [6, 6.07) is 0. The van der Waals surface area contributed by atoms with Gasteiger partial charge in [0.2, 0.25) is 0 Å². The molecule has 2 unspecified atom stereocenters. The number of aliphatic hydroxyl groups excluding tert-OH is 1. The van der Waals surface area contributed by atoms with Gasteiger partial charge in [-0.1, -0.05) is 0 Å². The van der Waals surface area contributed by atoms with Crippen LogP contribution >= 0.6 is 0 Å². The molecule has 2 aliphatic rings. The SMILES string of the molecule is OCC1CCn2cc(C3CCCO3)nc2C1. The second-order valence-corrected chi connectivity index (χ2v) is 4.82. The van der Waals surface area contributed by atoms with Crippen molar-refractivity contribution >= 4 is 0 Å². The average Bonchev–Trinajstić information content (AvgIpc) is 2.96. The van der Waals surface area contributed by atoms with E-state index in [4.69, 9.17) is 4.74 Å². The Balaban J connectivity index is 1.80. The van der Waals surface area contributed by atoms with Gasteiger partial charge in [-0.15, -0.1) is 0 Å². The van der Waals surface area contributed by atoms with Crippen molar-refractivity contribution in [2.24, 2.45) is 5.92 Å². The van der Waals surface area contributed by atoms with Gasteiger partial charge in [-0.25, -0.2) is 4.98 Å². The van der Waals surface area contributed by atoms with E-state index in [1.165, 1.54) is 0 Å². The number of aryl methyl sites for hydroxylation is 1. The summed E-state index contributed by atoms with van der Waals surface area (Å²) in [6.07, 6.45) is 6.56. The van der Waals surface area contributed by atoms with Gasteiger partial charge in [-0.3, -0.25) is 0 Å². The lowest BCUT2D eigenvalue weighted by Gasteiger charge is -2.20. The highest BCUT2D eigenvalue weighted by atomic mass is 16.5. The molecule has 0 amide bonds. The first-order valence-corrected chi connectivity index (χ1v) is 6.15. The fraction of sp³-hybridized carbons (Fsp3) is 0.750. The number of aromatic nitrogens is 2. The Labute approximate surface area is 95.3 Å². The lowest BCUT2D eigenvalue weighted by Crippen LogP contribution is -2.21. The topological polar surface area (TPSA) is 47.3 Å². The second-order valence-electron chi connectivity index (χ2n) is 4.82. The number of hydrogen-bond acceptors (Lipinski definition) is 3. The highest BCUT2D eigenvalue weighted by molar-refractivity contribution is 5.10. The fourth-order valence-corrected chi connectivity index (χ4v) is 2.64. The predicted octanol–water partition coefficient (Wildman–Crippen LogP) is 1.29. The van der Waals surface area contributed by atoms with Crippen molar-refractivity contribution in [3.05, 3.63) is 17.7 Å². The first-order valence-electron chi connectivity index (χ1n) is 6.15. The quantitative estimate of drug-likeness (QED) is 0.820. The highest BCUT2D eigenvalue weighted by Crippen LogP contribution is 2.29. The molecule has 0 radical (unpaired) electrons. The molecule has 0 bridgehead atoms. The smallest absolute Gasteiger partial charge is 0.109 e. The van der Waals surface area contributed by atoms with Gasteiger partial charge in [0.15, 0.2) is 0 Å².